The maximum Gasteiger partial charge on any atom is 0.305 e. The normalized spacial score (nSPS) is 9.57. The second kappa shape index (κ2) is 8.53. The fourth-order valence-electron chi connectivity index (χ4n) is 0.928. The Hall–Kier alpha value is -1.06. The third-order valence-corrected chi connectivity index (χ3v) is 1.83. The van der Waals surface area contributed by atoms with Crippen molar-refractivity contribution in [1.29, 1.82) is 0 Å². The van der Waals surface area contributed by atoms with E-state index in [4.69, 9.17) is 4.74 Å². The van der Waals surface area contributed by atoms with Crippen LogP contribution < -0.4 is 0 Å². The van der Waals surface area contributed by atoms with E-state index in [1.165, 1.54) is 4.90 Å². The molecule has 0 bridgehead atoms. The van der Waals surface area contributed by atoms with Gasteiger partial charge in [0.1, 0.15) is 0 Å². The van der Waals surface area contributed by atoms with E-state index in [1.807, 2.05) is 6.92 Å². The molecule has 4 nitrogen and oxygen atoms in total. The fraction of sp³-hybridized carbons (Fsp3) is 0.800. The zero-order chi connectivity index (χ0) is 10.8. The molecule has 82 valence electrons. The highest BCUT2D eigenvalue weighted by Crippen LogP contribution is 1.96. The molecule has 14 heavy (non-hydrogen) atoms. The van der Waals surface area contributed by atoms with Crippen LogP contribution in [-0.2, 0) is 14.3 Å². The molecule has 4 heteroatoms. The zero-order valence-electron chi connectivity index (χ0n) is 8.99. The third kappa shape index (κ3) is 7.58. The predicted molar refractivity (Wildman–Crippen MR) is 53.8 cm³/mol. The number of ether oxygens (including phenoxy) is 1. The first-order valence-corrected chi connectivity index (χ1v) is 5.01. The molecule has 0 aliphatic heterocycles. The Morgan fingerprint density at radius 3 is 2.71 bits per heavy atom. The van der Waals surface area contributed by atoms with Crippen molar-refractivity contribution in [2.45, 2.75) is 32.6 Å². The van der Waals surface area contributed by atoms with Gasteiger partial charge in [-0.25, -0.2) is 0 Å². The molecule has 0 aromatic heterocycles. The molecule has 0 rings (SSSR count). The predicted octanol–water partition coefficient (Wildman–Crippen LogP) is 1.20. The van der Waals surface area contributed by atoms with Crippen molar-refractivity contribution >= 4 is 12.4 Å². The summed E-state index contributed by atoms with van der Waals surface area (Å²) in [6.07, 6.45) is 3.76. The first-order chi connectivity index (χ1) is 6.70. The molecule has 0 saturated heterocycles. The molecule has 0 spiro atoms. The summed E-state index contributed by atoms with van der Waals surface area (Å²) in [5.41, 5.74) is 0. The van der Waals surface area contributed by atoms with Crippen molar-refractivity contribution in [3.63, 3.8) is 0 Å². The van der Waals surface area contributed by atoms with E-state index in [0.29, 0.717) is 26.0 Å². The molecule has 0 aromatic rings. The summed E-state index contributed by atoms with van der Waals surface area (Å²) in [6, 6.07) is 0. The SMILES string of the molecule is CCCCOC(=O)CCCN(C)C=O. The van der Waals surface area contributed by atoms with Crippen molar-refractivity contribution in [2.75, 3.05) is 20.2 Å². The summed E-state index contributed by atoms with van der Waals surface area (Å²) < 4.78 is 4.95. The summed E-state index contributed by atoms with van der Waals surface area (Å²) >= 11 is 0. The molecule has 0 atom stereocenters. The van der Waals surface area contributed by atoms with Gasteiger partial charge in [0.15, 0.2) is 0 Å². The lowest BCUT2D eigenvalue weighted by Gasteiger charge is -2.09. The number of nitrogens with zero attached hydrogens (tertiary/aromatic N) is 1. The molecule has 0 aliphatic carbocycles. The van der Waals surface area contributed by atoms with Crippen LogP contribution in [0.15, 0.2) is 0 Å². The fourth-order valence-corrected chi connectivity index (χ4v) is 0.928. The monoisotopic (exact) mass is 201 g/mol. The van der Waals surface area contributed by atoms with Gasteiger partial charge >= 0.3 is 5.97 Å². The Bertz CT molecular complexity index is 171. The zero-order valence-corrected chi connectivity index (χ0v) is 8.99. The number of esters is 1. The van der Waals surface area contributed by atoms with Crippen LogP contribution in [0.5, 0.6) is 0 Å². The van der Waals surface area contributed by atoms with E-state index in [-0.39, 0.29) is 5.97 Å². The quantitative estimate of drug-likeness (QED) is 0.337. The Morgan fingerprint density at radius 1 is 1.43 bits per heavy atom. The summed E-state index contributed by atoms with van der Waals surface area (Å²) in [4.78, 5) is 22.8. The molecule has 0 aliphatic rings. The van der Waals surface area contributed by atoms with Crippen LogP contribution in [0.1, 0.15) is 32.6 Å². The molecule has 1 amide bonds. The van der Waals surface area contributed by atoms with Gasteiger partial charge in [0.2, 0.25) is 6.41 Å². The van der Waals surface area contributed by atoms with Gasteiger partial charge in [0, 0.05) is 20.0 Å². The third-order valence-electron chi connectivity index (χ3n) is 1.83. The maximum atomic E-state index is 11.1. The number of hydrogen-bond acceptors (Lipinski definition) is 3. The molecule has 0 N–H and O–H groups in total. The van der Waals surface area contributed by atoms with Gasteiger partial charge in [-0.1, -0.05) is 13.3 Å². The van der Waals surface area contributed by atoms with Crippen molar-refractivity contribution in [2.24, 2.45) is 0 Å². The van der Waals surface area contributed by atoms with Crippen molar-refractivity contribution in [3.05, 3.63) is 0 Å². The minimum Gasteiger partial charge on any atom is -0.466 e. The average Bonchev–Trinajstić information content (AvgIpc) is 2.18. The Morgan fingerprint density at radius 2 is 2.14 bits per heavy atom. The first-order valence-electron chi connectivity index (χ1n) is 5.01. The Kier molecular flexibility index (Phi) is 7.89. The molecule has 0 radical (unpaired) electrons. The highest BCUT2D eigenvalue weighted by Gasteiger charge is 2.02. The van der Waals surface area contributed by atoms with E-state index in [2.05, 4.69) is 0 Å². The van der Waals surface area contributed by atoms with Crippen LogP contribution in [0, 0.1) is 0 Å². The van der Waals surface area contributed by atoms with Crippen molar-refractivity contribution in [1.82, 2.24) is 4.90 Å². The highest BCUT2D eigenvalue weighted by molar-refractivity contribution is 5.69. The summed E-state index contributed by atoms with van der Waals surface area (Å²) in [5.74, 6) is -0.169. The second-order valence-electron chi connectivity index (χ2n) is 3.26. The molecule has 0 heterocycles. The van der Waals surface area contributed by atoms with Gasteiger partial charge in [0.25, 0.3) is 0 Å². The molecular formula is C10H19NO3. The number of carbonyl (C=O) groups is 2. The Labute approximate surface area is 85.2 Å². The van der Waals surface area contributed by atoms with Crippen LogP contribution in [0.3, 0.4) is 0 Å². The van der Waals surface area contributed by atoms with E-state index in [1.54, 1.807) is 7.05 Å². The van der Waals surface area contributed by atoms with Gasteiger partial charge in [-0.3, -0.25) is 9.59 Å². The molecular weight excluding hydrogens is 182 g/mol. The summed E-state index contributed by atoms with van der Waals surface area (Å²) in [7, 11) is 1.69. The lowest BCUT2D eigenvalue weighted by Crippen LogP contribution is -2.18. The summed E-state index contributed by atoms with van der Waals surface area (Å²) in [6.45, 7) is 3.16. The van der Waals surface area contributed by atoms with E-state index in [9.17, 15) is 9.59 Å². The van der Waals surface area contributed by atoms with Gasteiger partial charge in [-0.15, -0.1) is 0 Å². The standard InChI is InChI=1S/C10H19NO3/c1-3-4-8-14-10(13)6-5-7-11(2)9-12/h9H,3-8H2,1-2H3. The molecule has 0 unspecified atom stereocenters. The molecule has 0 saturated carbocycles. The van der Waals surface area contributed by atoms with Crippen LogP contribution in [-0.4, -0.2) is 37.5 Å². The van der Waals surface area contributed by atoms with Gasteiger partial charge < -0.3 is 9.64 Å². The number of unbranched alkanes of at least 4 members (excludes halogenated alkanes) is 1. The van der Waals surface area contributed by atoms with Crippen LogP contribution in [0.25, 0.3) is 0 Å². The number of rotatable bonds is 8. The number of hydrogen-bond donors (Lipinski definition) is 0. The van der Waals surface area contributed by atoms with Crippen molar-refractivity contribution in [3.8, 4) is 0 Å². The number of amides is 1. The van der Waals surface area contributed by atoms with Crippen LogP contribution in [0.2, 0.25) is 0 Å². The van der Waals surface area contributed by atoms with Crippen LogP contribution >= 0.6 is 0 Å². The Balaban J connectivity index is 3.30. The minimum absolute atomic E-state index is 0.169. The van der Waals surface area contributed by atoms with Gasteiger partial charge in [0.05, 0.1) is 6.61 Å². The van der Waals surface area contributed by atoms with E-state index >= 15 is 0 Å². The molecule has 0 fully saturated rings. The largest absolute Gasteiger partial charge is 0.466 e. The minimum atomic E-state index is -0.169. The number of carbonyl (C=O) groups excluding carboxylic acids is 2. The molecule has 0 aromatic carbocycles. The first kappa shape index (κ1) is 12.9. The summed E-state index contributed by atoms with van der Waals surface area (Å²) in [5, 5.41) is 0. The van der Waals surface area contributed by atoms with Gasteiger partial charge in [-0.05, 0) is 12.8 Å². The lowest BCUT2D eigenvalue weighted by atomic mass is 10.3. The van der Waals surface area contributed by atoms with E-state index < -0.39 is 0 Å². The van der Waals surface area contributed by atoms with Gasteiger partial charge in [-0.2, -0.15) is 0 Å². The average molecular weight is 201 g/mol. The van der Waals surface area contributed by atoms with Crippen LogP contribution in [0.4, 0.5) is 0 Å². The second-order valence-corrected chi connectivity index (χ2v) is 3.26. The lowest BCUT2D eigenvalue weighted by molar-refractivity contribution is -0.144. The smallest absolute Gasteiger partial charge is 0.305 e. The van der Waals surface area contributed by atoms with E-state index in [0.717, 1.165) is 19.3 Å². The van der Waals surface area contributed by atoms with Crippen molar-refractivity contribution < 1.29 is 14.3 Å². The topological polar surface area (TPSA) is 46.6 Å². The maximum absolute atomic E-state index is 11.1. The highest BCUT2D eigenvalue weighted by atomic mass is 16.5.